The average Bonchev–Trinajstić information content (AvgIpc) is 0.990. The van der Waals surface area contributed by atoms with E-state index in [1.807, 2.05) is 117 Å². The highest BCUT2D eigenvalue weighted by Gasteiger charge is 2.11. The summed E-state index contributed by atoms with van der Waals surface area (Å²) in [6, 6.07) is 31.1. The molecule has 0 aliphatic carbocycles. The molecule has 1 aliphatic heterocycles. The van der Waals surface area contributed by atoms with Gasteiger partial charge >= 0.3 is 12.0 Å². The number of carbonyl (C=O) groups is 6. The number of rotatable bonds is 17. The van der Waals surface area contributed by atoms with Crippen LogP contribution in [0, 0.1) is 37.0 Å². The number of aromatic nitrogens is 2. The van der Waals surface area contributed by atoms with Gasteiger partial charge in [0.25, 0.3) is 5.91 Å². The zero-order chi connectivity index (χ0) is 74.0. The number of allylic oxidation sites excluding steroid dienone is 1. The second-order valence-electron chi connectivity index (χ2n) is 23.1. The molecular weight excluding hydrogens is 1190 g/mol. The molecule has 1 aromatic heterocycles. The number of aromatic carboxylic acids is 1. The number of carboxylic acids is 1. The molecule has 1 fully saturated rings. The number of imidazole rings is 1. The minimum atomic E-state index is -0.863. The maximum Gasteiger partial charge on any atom is 0.335 e. The van der Waals surface area contributed by atoms with Crippen LogP contribution in [0.1, 0.15) is 206 Å². The summed E-state index contributed by atoms with van der Waals surface area (Å²) in [4.78, 5) is 75.1. The largest absolute Gasteiger partial charge is 0.478 e. The molecule has 1 aliphatic rings. The summed E-state index contributed by atoms with van der Waals surface area (Å²) in [5, 5.41) is 29.3. The van der Waals surface area contributed by atoms with Crippen molar-refractivity contribution < 1.29 is 38.6 Å². The first-order chi connectivity index (χ1) is 45.0. The fourth-order valence-electron chi connectivity index (χ4n) is 7.33. The van der Waals surface area contributed by atoms with E-state index in [0.29, 0.717) is 37.3 Å². The van der Waals surface area contributed by atoms with Gasteiger partial charge in [-0.15, -0.1) is 0 Å². The van der Waals surface area contributed by atoms with E-state index in [-0.39, 0.29) is 29.8 Å². The van der Waals surface area contributed by atoms with Gasteiger partial charge in [0.1, 0.15) is 0 Å². The Hall–Kier alpha value is -8.08. The van der Waals surface area contributed by atoms with Gasteiger partial charge in [-0.3, -0.25) is 19.2 Å². The molecule has 1 atom stereocenters. The van der Waals surface area contributed by atoms with Crippen LogP contribution in [0.3, 0.4) is 0 Å². The number of aryl methyl sites for hydroxylation is 2. The van der Waals surface area contributed by atoms with Gasteiger partial charge in [0.2, 0.25) is 18.2 Å². The lowest BCUT2D eigenvalue weighted by Gasteiger charge is -2.25. The SMILES string of the molecule is C/C=C/c1cnc[nH]1.CC(C)C[C@@H](C)NC(=O)c1ccccc1.CC(C)NC=O.CCC#N.CCC(C)C.CCCC(=O)N(C)C.CCCN1CCCCC1.CCNC(C)=O.CCNC(N)=O.CCOC.Cc1ccc(N(C)C)c2ccccc12.Cc1ccccc1C(=O)O. The van der Waals surface area contributed by atoms with Crippen molar-refractivity contribution in [2.45, 2.75) is 194 Å². The van der Waals surface area contributed by atoms with E-state index in [4.69, 9.17) is 10.4 Å². The standard InChI is InChI=1S/C13H19NO.C13H15N.C8H17N.C8H8O2.C6H8N2.C6H13NO.C5H12.2C4H9NO.C3H8N2O.C3H5N.C3H8O/c1-10(2)9-11(3)14-13(15)12-7-5-4-6-8-12;1-10-8-9-13(14(2)3)12-7-5-4-6-11(10)12;1-2-6-9-7-4-3-5-8-9;1-6-4-2-3-5-7(6)8(9)10;1-2-3-6-4-7-5-8-6;1-4-5-6(8)7(2)3;1-4-5(2)3;1-4(2)5-3-6;1-3-5-4(2)6;1-2-5-3(4)6;1-2-3-4;1-3-4-2/h4-8,10-11H,9H2,1-3H3,(H,14,15);4-9H,1-3H3;2-8H2,1H3;2-5H,1H3,(H,9,10);2-5H,1H3,(H,7,8);4-5H2,1-3H3;5H,4H2,1-3H3;3-4H,1-2H3,(H,5,6);3H2,1-2H3,(H,5,6);2H2,1H3,(H3,4,5,6);2H2,1H3;3H2,1-2H3/b;;;;3-2+;;;;;;;/t11-;;;;;;;;;;;/m1.........../s1. The van der Waals surface area contributed by atoms with Crippen molar-refractivity contribution in [2.24, 2.45) is 17.6 Å². The number of urea groups is 1. The molecule has 19 heteroatoms. The van der Waals surface area contributed by atoms with Crippen LogP contribution in [0.2, 0.25) is 0 Å². The third kappa shape index (κ3) is 65.8. The minimum absolute atomic E-state index is 0.0174. The van der Waals surface area contributed by atoms with Crippen molar-refractivity contribution >= 4 is 58.7 Å². The summed E-state index contributed by atoms with van der Waals surface area (Å²) in [6.07, 6.45) is 18.3. The number of H-pyrrole nitrogens is 1. The van der Waals surface area contributed by atoms with Crippen molar-refractivity contribution in [2.75, 3.05) is 79.5 Å². The number of likely N-dealkylation sites (tertiary alicyclic amines) is 1. The number of piperidine rings is 1. The van der Waals surface area contributed by atoms with Gasteiger partial charge < -0.3 is 56.5 Å². The number of nitrogens with one attached hydrogen (secondary N) is 5. The number of aromatic amines is 1. The lowest BCUT2D eigenvalue weighted by molar-refractivity contribution is -0.128. The number of methoxy groups -OCH3 is 1. The number of fused-ring (bicyclic) bond motifs is 1. The van der Waals surface area contributed by atoms with E-state index in [1.165, 1.54) is 80.7 Å². The second-order valence-corrected chi connectivity index (χ2v) is 23.1. The maximum absolute atomic E-state index is 11.7. The third-order valence-corrected chi connectivity index (χ3v) is 12.5. The first kappa shape index (κ1) is 98.0. The summed E-state index contributed by atoms with van der Waals surface area (Å²) < 4.78 is 4.54. The maximum atomic E-state index is 11.7. The van der Waals surface area contributed by atoms with Crippen molar-refractivity contribution in [1.82, 2.24) is 41.0 Å². The van der Waals surface area contributed by atoms with Crippen molar-refractivity contribution in [3.63, 3.8) is 0 Å². The molecule has 19 nitrogen and oxygen atoms in total. The van der Waals surface area contributed by atoms with Gasteiger partial charge in [0.15, 0.2) is 0 Å². The lowest BCUT2D eigenvalue weighted by Crippen LogP contribution is -2.33. The smallest absolute Gasteiger partial charge is 0.335 e. The number of nitrogens with zero attached hydrogens (tertiary/aromatic N) is 5. The Kier molecular flexibility index (Phi) is 70.9. The number of ether oxygens (including phenoxy) is 1. The minimum Gasteiger partial charge on any atom is -0.478 e. The predicted molar refractivity (Wildman–Crippen MR) is 402 cm³/mol. The highest BCUT2D eigenvalue weighted by molar-refractivity contribution is 5.96. The molecule has 538 valence electrons. The number of hydrogen-bond acceptors (Lipinski definition) is 11. The van der Waals surface area contributed by atoms with Crippen LogP contribution in [-0.2, 0) is 19.1 Å². The number of nitriles is 1. The molecule has 5 aromatic rings. The average molecular weight is 1330 g/mol. The van der Waals surface area contributed by atoms with E-state index in [2.05, 4.69) is 150 Å². The van der Waals surface area contributed by atoms with Crippen LogP contribution < -0.4 is 31.9 Å². The molecule has 6 rings (SSSR count). The molecular formula is C76H131N11O8. The Labute approximate surface area is 576 Å². The Morgan fingerprint density at radius 1 is 0.758 bits per heavy atom. The first-order valence-electron chi connectivity index (χ1n) is 33.6. The van der Waals surface area contributed by atoms with Gasteiger partial charge in [0, 0.05) is 103 Å². The number of carbonyl (C=O) groups excluding carboxylic acids is 5. The molecule has 0 unspecified atom stereocenters. The third-order valence-electron chi connectivity index (χ3n) is 12.5. The number of amides is 6. The van der Waals surface area contributed by atoms with Crippen molar-refractivity contribution in [1.29, 1.82) is 5.26 Å². The molecule has 0 saturated carbocycles. The number of hydrogen-bond donors (Lipinski definition) is 7. The molecule has 0 bridgehead atoms. The first-order valence-corrected chi connectivity index (χ1v) is 33.6. The summed E-state index contributed by atoms with van der Waals surface area (Å²) in [7, 11) is 9.39. The normalized spacial score (nSPS) is 10.8. The molecule has 0 spiro atoms. The molecule has 8 N–H and O–H groups in total. The van der Waals surface area contributed by atoms with Gasteiger partial charge in [0.05, 0.1) is 29.9 Å². The number of anilines is 1. The number of carboxylic acid groups (broad SMARTS) is 1. The zero-order valence-electron chi connectivity index (χ0n) is 63.1. The van der Waals surface area contributed by atoms with Gasteiger partial charge in [-0.1, -0.05) is 141 Å². The summed E-state index contributed by atoms with van der Waals surface area (Å²) >= 11 is 0. The summed E-state index contributed by atoms with van der Waals surface area (Å²) in [5.74, 6) is 0.901. The highest BCUT2D eigenvalue weighted by Crippen LogP contribution is 2.27. The van der Waals surface area contributed by atoms with Gasteiger partial charge in [-0.25, -0.2) is 14.6 Å². The van der Waals surface area contributed by atoms with Crippen LogP contribution in [0.15, 0.2) is 110 Å². The second kappa shape index (κ2) is 68.8. The fraction of sp³-hybridized carbons (Fsp3) is 0.553. The highest BCUT2D eigenvalue weighted by atomic mass is 16.5. The summed E-state index contributed by atoms with van der Waals surface area (Å²) in [5.41, 5.74) is 10.2. The van der Waals surface area contributed by atoms with Crippen LogP contribution >= 0.6 is 0 Å². The molecule has 0 radical (unpaired) electrons. The van der Waals surface area contributed by atoms with Crippen LogP contribution in [0.5, 0.6) is 0 Å². The molecule has 4 aromatic carbocycles. The van der Waals surface area contributed by atoms with Gasteiger partial charge in [-0.05, 0) is 173 Å². The molecule has 1 saturated heterocycles. The van der Waals surface area contributed by atoms with Gasteiger partial charge in [-0.2, -0.15) is 5.26 Å². The molecule has 6 amide bonds. The number of benzene rings is 4. The van der Waals surface area contributed by atoms with E-state index in [0.717, 1.165) is 48.7 Å². The summed E-state index contributed by atoms with van der Waals surface area (Å²) in [6.45, 7) is 42.2. The Balaban J connectivity index is -0.000000233. The van der Waals surface area contributed by atoms with E-state index in [1.54, 1.807) is 63.8 Å². The Morgan fingerprint density at radius 3 is 1.61 bits per heavy atom. The Morgan fingerprint density at radius 2 is 1.28 bits per heavy atom. The van der Waals surface area contributed by atoms with E-state index >= 15 is 0 Å². The predicted octanol–water partition coefficient (Wildman–Crippen LogP) is 15.5. The van der Waals surface area contributed by atoms with Crippen molar-refractivity contribution in [3.8, 4) is 6.07 Å². The molecule has 2 heterocycles. The van der Waals surface area contributed by atoms with Crippen LogP contribution in [0.4, 0.5) is 10.5 Å². The monoisotopic (exact) mass is 1330 g/mol. The zero-order valence-corrected chi connectivity index (χ0v) is 63.1. The quantitative estimate of drug-likeness (QED) is 0.0429. The topological polar surface area (TPSA) is 268 Å². The molecule has 95 heavy (non-hydrogen) atoms. The lowest BCUT2D eigenvalue weighted by atomic mass is 10.0. The van der Waals surface area contributed by atoms with E-state index < -0.39 is 12.0 Å². The van der Waals surface area contributed by atoms with Crippen LogP contribution in [0.25, 0.3) is 16.8 Å². The van der Waals surface area contributed by atoms with Crippen molar-refractivity contribution in [3.05, 3.63) is 138 Å². The number of primary amides is 1. The van der Waals surface area contributed by atoms with E-state index in [9.17, 15) is 28.8 Å². The fourth-order valence-corrected chi connectivity index (χ4v) is 7.33. The number of nitrogens with two attached hydrogens (primary N) is 1. The van der Waals surface area contributed by atoms with Crippen LogP contribution in [-0.4, -0.2) is 148 Å². The Bertz CT molecular complexity index is 2670.